The molecule has 5 nitrogen and oxygen atoms in total. The van der Waals surface area contributed by atoms with Gasteiger partial charge in [0.1, 0.15) is 11.9 Å². The van der Waals surface area contributed by atoms with Gasteiger partial charge in [0.05, 0.1) is 36.9 Å². The number of fused-ring (bicyclic) bond motifs is 1. The fourth-order valence-corrected chi connectivity index (χ4v) is 3.60. The van der Waals surface area contributed by atoms with E-state index >= 15 is 0 Å². The van der Waals surface area contributed by atoms with Gasteiger partial charge in [-0.1, -0.05) is 35.9 Å². The second-order valence-electron chi connectivity index (χ2n) is 6.87. The first kappa shape index (κ1) is 18.4. The van der Waals surface area contributed by atoms with E-state index in [1.807, 2.05) is 48.5 Å². The van der Waals surface area contributed by atoms with Crippen LogP contribution < -0.4 is 0 Å². The molecule has 2 aromatic carbocycles. The first-order valence-electron chi connectivity index (χ1n) is 9.28. The number of imidazole rings is 1. The minimum Gasteiger partial charge on any atom is -0.389 e. The molecule has 1 aliphatic heterocycles. The molecule has 0 amide bonds. The number of rotatable bonds is 7. The maximum absolute atomic E-state index is 10.5. The van der Waals surface area contributed by atoms with Gasteiger partial charge >= 0.3 is 0 Å². The van der Waals surface area contributed by atoms with Crippen molar-refractivity contribution in [2.24, 2.45) is 0 Å². The van der Waals surface area contributed by atoms with Crippen LogP contribution in [-0.4, -0.2) is 34.0 Å². The lowest BCUT2D eigenvalue weighted by Crippen LogP contribution is -2.23. The van der Waals surface area contributed by atoms with Crippen molar-refractivity contribution in [2.45, 2.75) is 38.2 Å². The fraction of sp³-hybridized carbons (Fsp3) is 0.381. The number of aliphatic hydroxyl groups excluding tert-OH is 1. The predicted octanol–water partition coefficient (Wildman–Crippen LogP) is 4.12. The maximum Gasteiger partial charge on any atom is 0.139 e. The number of ether oxygens (including phenoxy) is 2. The third-order valence-corrected chi connectivity index (χ3v) is 5.04. The second kappa shape index (κ2) is 8.40. The first-order chi connectivity index (χ1) is 13.2. The average Bonchev–Trinajstić information content (AvgIpc) is 3.32. The molecule has 1 saturated heterocycles. The molecule has 0 saturated carbocycles. The Morgan fingerprint density at radius 1 is 1.22 bits per heavy atom. The molecule has 0 aliphatic carbocycles. The zero-order chi connectivity index (χ0) is 18.6. The summed E-state index contributed by atoms with van der Waals surface area (Å²) in [5.41, 5.74) is 2.97. The standard InChI is InChI=1S/C21H23ClN2O3/c22-16-9-7-15(8-10-16)13-26-14-17(25)12-24-19-5-2-1-4-18(19)23-21(24)20-6-3-11-27-20/h1-2,4-5,7-10,17,20,25H,3,6,11-14H2. The van der Waals surface area contributed by atoms with Gasteiger partial charge in [0.15, 0.2) is 0 Å². The lowest BCUT2D eigenvalue weighted by Gasteiger charge is -2.17. The Bertz CT molecular complexity index is 888. The molecule has 2 heterocycles. The van der Waals surface area contributed by atoms with E-state index in [4.69, 9.17) is 26.1 Å². The second-order valence-corrected chi connectivity index (χ2v) is 7.30. The third kappa shape index (κ3) is 4.33. The van der Waals surface area contributed by atoms with E-state index in [9.17, 15) is 5.11 Å². The molecule has 0 spiro atoms. The van der Waals surface area contributed by atoms with E-state index in [-0.39, 0.29) is 12.7 Å². The van der Waals surface area contributed by atoms with Crippen LogP contribution in [0.3, 0.4) is 0 Å². The molecule has 1 fully saturated rings. The maximum atomic E-state index is 10.5. The SMILES string of the molecule is OC(COCc1ccc(Cl)cc1)Cn1c(C2CCCO2)nc2ccccc21. The van der Waals surface area contributed by atoms with E-state index < -0.39 is 6.10 Å². The van der Waals surface area contributed by atoms with E-state index in [1.165, 1.54) is 0 Å². The highest BCUT2D eigenvalue weighted by atomic mass is 35.5. The van der Waals surface area contributed by atoms with Gasteiger partial charge in [0, 0.05) is 11.6 Å². The van der Waals surface area contributed by atoms with E-state index in [1.54, 1.807) is 0 Å². The number of hydrogen-bond acceptors (Lipinski definition) is 4. The van der Waals surface area contributed by atoms with Crippen molar-refractivity contribution in [1.82, 2.24) is 9.55 Å². The Hall–Kier alpha value is -1.92. The molecule has 27 heavy (non-hydrogen) atoms. The summed E-state index contributed by atoms with van der Waals surface area (Å²) in [5, 5.41) is 11.2. The van der Waals surface area contributed by atoms with Crippen LogP contribution in [0.25, 0.3) is 11.0 Å². The quantitative estimate of drug-likeness (QED) is 0.663. The molecule has 3 aromatic rings. The summed E-state index contributed by atoms with van der Waals surface area (Å²) in [6, 6.07) is 15.5. The zero-order valence-electron chi connectivity index (χ0n) is 15.1. The largest absolute Gasteiger partial charge is 0.389 e. The molecule has 0 bridgehead atoms. The summed E-state index contributed by atoms with van der Waals surface area (Å²) in [7, 11) is 0. The molecule has 6 heteroatoms. The minimum absolute atomic E-state index is 0.000384. The van der Waals surface area contributed by atoms with Gasteiger partial charge in [-0.05, 0) is 42.7 Å². The van der Waals surface area contributed by atoms with Crippen LogP contribution >= 0.6 is 11.6 Å². The smallest absolute Gasteiger partial charge is 0.139 e. The van der Waals surface area contributed by atoms with Crippen molar-refractivity contribution in [3.05, 3.63) is 64.9 Å². The van der Waals surface area contributed by atoms with Gasteiger partial charge in [-0.3, -0.25) is 0 Å². The molecule has 2 atom stereocenters. The van der Waals surface area contributed by atoms with Crippen LogP contribution in [0.2, 0.25) is 5.02 Å². The lowest BCUT2D eigenvalue weighted by molar-refractivity contribution is 0.0189. The Kier molecular flexibility index (Phi) is 5.74. The molecule has 1 aromatic heterocycles. The molecule has 4 rings (SSSR count). The molecule has 2 unspecified atom stereocenters. The zero-order valence-corrected chi connectivity index (χ0v) is 15.8. The highest BCUT2D eigenvalue weighted by Crippen LogP contribution is 2.30. The summed E-state index contributed by atoms with van der Waals surface area (Å²) < 4.78 is 13.6. The van der Waals surface area contributed by atoms with E-state index in [0.717, 1.165) is 41.9 Å². The molecule has 1 aliphatic rings. The third-order valence-electron chi connectivity index (χ3n) is 4.79. The van der Waals surface area contributed by atoms with Crippen molar-refractivity contribution >= 4 is 22.6 Å². The van der Waals surface area contributed by atoms with Crippen LogP contribution in [0.4, 0.5) is 0 Å². The summed E-state index contributed by atoms with van der Waals surface area (Å²) in [6.45, 7) is 1.88. The van der Waals surface area contributed by atoms with Crippen LogP contribution in [-0.2, 0) is 22.6 Å². The van der Waals surface area contributed by atoms with E-state index in [0.29, 0.717) is 18.2 Å². The lowest BCUT2D eigenvalue weighted by atomic mass is 10.2. The molecule has 0 radical (unpaired) electrons. The summed E-state index contributed by atoms with van der Waals surface area (Å²) in [4.78, 5) is 4.76. The van der Waals surface area contributed by atoms with Gasteiger partial charge in [0.25, 0.3) is 0 Å². The topological polar surface area (TPSA) is 56.5 Å². The minimum atomic E-state index is -0.630. The Morgan fingerprint density at radius 2 is 2.04 bits per heavy atom. The molecular weight excluding hydrogens is 364 g/mol. The monoisotopic (exact) mass is 386 g/mol. The fourth-order valence-electron chi connectivity index (χ4n) is 3.47. The number of para-hydroxylation sites is 2. The van der Waals surface area contributed by atoms with Crippen molar-refractivity contribution < 1.29 is 14.6 Å². The van der Waals surface area contributed by atoms with Gasteiger partial charge in [-0.2, -0.15) is 0 Å². The number of hydrogen-bond donors (Lipinski definition) is 1. The summed E-state index contributed by atoms with van der Waals surface area (Å²) in [6.07, 6.45) is 1.38. The van der Waals surface area contributed by atoms with Crippen molar-refractivity contribution in [1.29, 1.82) is 0 Å². The van der Waals surface area contributed by atoms with Gasteiger partial charge < -0.3 is 19.1 Å². The van der Waals surface area contributed by atoms with E-state index in [2.05, 4.69) is 4.57 Å². The number of aromatic nitrogens is 2. The number of nitrogens with zero attached hydrogens (tertiary/aromatic N) is 2. The Morgan fingerprint density at radius 3 is 2.81 bits per heavy atom. The van der Waals surface area contributed by atoms with Crippen molar-refractivity contribution in [3.8, 4) is 0 Å². The Balaban J connectivity index is 1.43. The average molecular weight is 387 g/mol. The molecular formula is C21H23ClN2O3. The van der Waals surface area contributed by atoms with Crippen LogP contribution in [0.5, 0.6) is 0 Å². The normalized spacial score (nSPS) is 18.2. The Labute approximate surface area is 163 Å². The first-order valence-corrected chi connectivity index (χ1v) is 9.65. The van der Waals surface area contributed by atoms with Gasteiger partial charge in [0.2, 0.25) is 0 Å². The van der Waals surface area contributed by atoms with Crippen LogP contribution in [0.15, 0.2) is 48.5 Å². The highest BCUT2D eigenvalue weighted by molar-refractivity contribution is 6.30. The number of benzene rings is 2. The molecule has 1 N–H and O–H groups in total. The van der Waals surface area contributed by atoms with Crippen LogP contribution in [0.1, 0.15) is 30.3 Å². The van der Waals surface area contributed by atoms with Crippen molar-refractivity contribution in [2.75, 3.05) is 13.2 Å². The summed E-state index contributed by atoms with van der Waals surface area (Å²) in [5.74, 6) is 0.894. The highest BCUT2D eigenvalue weighted by Gasteiger charge is 2.25. The van der Waals surface area contributed by atoms with Crippen molar-refractivity contribution in [3.63, 3.8) is 0 Å². The van der Waals surface area contributed by atoms with Gasteiger partial charge in [-0.15, -0.1) is 0 Å². The number of aliphatic hydroxyl groups is 1. The number of halogens is 1. The predicted molar refractivity (Wildman–Crippen MR) is 105 cm³/mol. The van der Waals surface area contributed by atoms with Crippen LogP contribution in [0, 0.1) is 0 Å². The molecule has 142 valence electrons. The summed E-state index contributed by atoms with van der Waals surface area (Å²) >= 11 is 5.89. The van der Waals surface area contributed by atoms with Gasteiger partial charge in [-0.25, -0.2) is 4.98 Å².